The largest absolute Gasteiger partial charge is 0.466 e. The van der Waals surface area contributed by atoms with Crippen molar-refractivity contribution in [1.29, 1.82) is 0 Å². The van der Waals surface area contributed by atoms with Gasteiger partial charge in [0.05, 0.1) is 19.1 Å². The van der Waals surface area contributed by atoms with Gasteiger partial charge in [-0.1, -0.05) is 25.9 Å². The number of ether oxygens (including phenoxy) is 1. The molecule has 21 heavy (non-hydrogen) atoms. The van der Waals surface area contributed by atoms with Gasteiger partial charge >= 0.3 is 5.97 Å². The second-order valence-corrected chi connectivity index (χ2v) is 6.57. The van der Waals surface area contributed by atoms with E-state index in [1.165, 1.54) is 0 Å². The molecular weight excluding hydrogens is 270 g/mol. The predicted octanol–water partition coefficient (Wildman–Crippen LogP) is 2.14. The zero-order valence-electron chi connectivity index (χ0n) is 13.4. The summed E-state index contributed by atoms with van der Waals surface area (Å²) in [5, 5.41) is 4.04. The number of esters is 1. The monoisotopic (exact) mass is 295 g/mol. The Balaban J connectivity index is 1.83. The molecule has 1 aromatic heterocycles. The molecule has 0 atom stereocenters. The minimum Gasteiger partial charge on any atom is -0.466 e. The van der Waals surface area contributed by atoms with E-state index in [4.69, 9.17) is 9.26 Å². The highest BCUT2D eigenvalue weighted by Crippen LogP contribution is 2.22. The molecule has 1 aliphatic heterocycles. The molecule has 0 amide bonds. The normalized spacial score (nSPS) is 17.9. The van der Waals surface area contributed by atoms with E-state index in [0.29, 0.717) is 19.0 Å². The zero-order valence-corrected chi connectivity index (χ0v) is 13.4. The molecule has 1 saturated heterocycles. The summed E-state index contributed by atoms with van der Waals surface area (Å²) in [6, 6.07) is 0. The summed E-state index contributed by atoms with van der Waals surface area (Å²) in [5.41, 5.74) is -0.123. The van der Waals surface area contributed by atoms with Crippen LogP contribution in [0.5, 0.6) is 0 Å². The first kappa shape index (κ1) is 15.9. The van der Waals surface area contributed by atoms with Gasteiger partial charge in [0.1, 0.15) is 0 Å². The van der Waals surface area contributed by atoms with Crippen molar-refractivity contribution in [2.75, 3.05) is 19.7 Å². The summed E-state index contributed by atoms with van der Waals surface area (Å²) in [6.45, 7) is 10.9. The van der Waals surface area contributed by atoms with Crippen molar-refractivity contribution < 1.29 is 14.1 Å². The lowest BCUT2D eigenvalue weighted by atomic mass is 9.97. The fraction of sp³-hybridized carbons (Fsp3) is 0.800. The van der Waals surface area contributed by atoms with Gasteiger partial charge in [0, 0.05) is 5.41 Å². The Labute approximate surface area is 125 Å². The second kappa shape index (κ2) is 6.56. The molecule has 6 heteroatoms. The minimum absolute atomic E-state index is 0.0385. The van der Waals surface area contributed by atoms with E-state index in [-0.39, 0.29) is 17.3 Å². The lowest BCUT2D eigenvalue weighted by Gasteiger charge is -2.29. The van der Waals surface area contributed by atoms with Crippen molar-refractivity contribution in [3.8, 4) is 0 Å². The van der Waals surface area contributed by atoms with Crippen LogP contribution in [-0.2, 0) is 21.5 Å². The number of rotatable bonds is 4. The summed E-state index contributed by atoms with van der Waals surface area (Å²) >= 11 is 0. The Kier molecular flexibility index (Phi) is 4.98. The molecule has 118 valence electrons. The molecule has 0 aliphatic carbocycles. The maximum absolute atomic E-state index is 11.7. The van der Waals surface area contributed by atoms with Gasteiger partial charge in [-0.05, 0) is 32.9 Å². The highest BCUT2D eigenvalue weighted by molar-refractivity contribution is 5.72. The van der Waals surface area contributed by atoms with Gasteiger partial charge in [-0.15, -0.1) is 0 Å². The molecule has 0 radical (unpaired) electrons. The van der Waals surface area contributed by atoms with Crippen LogP contribution in [-0.4, -0.2) is 40.7 Å². The third-order valence-corrected chi connectivity index (χ3v) is 3.68. The number of carbonyl (C=O) groups is 1. The number of likely N-dealkylation sites (tertiary alicyclic amines) is 1. The van der Waals surface area contributed by atoms with Gasteiger partial charge in [-0.3, -0.25) is 9.69 Å². The molecular formula is C15H25N3O3. The van der Waals surface area contributed by atoms with E-state index in [0.717, 1.165) is 31.8 Å². The summed E-state index contributed by atoms with van der Waals surface area (Å²) in [5.74, 6) is 1.36. The Morgan fingerprint density at radius 2 is 2.05 bits per heavy atom. The maximum Gasteiger partial charge on any atom is 0.309 e. The number of hydrogen-bond acceptors (Lipinski definition) is 6. The van der Waals surface area contributed by atoms with Gasteiger partial charge in [-0.2, -0.15) is 4.98 Å². The number of aromatic nitrogens is 2. The molecule has 6 nitrogen and oxygen atoms in total. The second-order valence-electron chi connectivity index (χ2n) is 6.57. The molecule has 0 N–H and O–H groups in total. The van der Waals surface area contributed by atoms with Crippen LogP contribution in [0, 0.1) is 5.92 Å². The Morgan fingerprint density at radius 3 is 2.57 bits per heavy atom. The first-order chi connectivity index (χ1) is 9.90. The average molecular weight is 295 g/mol. The molecule has 0 aromatic carbocycles. The van der Waals surface area contributed by atoms with Gasteiger partial charge in [-0.25, -0.2) is 0 Å². The van der Waals surface area contributed by atoms with Crippen LogP contribution in [0.4, 0.5) is 0 Å². The van der Waals surface area contributed by atoms with Crippen molar-refractivity contribution in [1.82, 2.24) is 15.0 Å². The summed E-state index contributed by atoms with van der Waals surface area (Å²) < 4.78 is 10.4. The average Bonchev–Trinajstić information content (AvgIpc) is 2.88. The van der Waals surface area contributed by atoms with Crippen LogP contribution < -0.4 is 0 Å². The summed E-state index contributed by atoms with van der Waals surface area (Å²) in [7, 11) is 0. The minimum atomic E-state index is -0.123. The third-order valence-electron chi connectivity index (χ3n) is 3.68. The van der Waals surface area contributed by atoms with Crippen molar-refractivity contribution in [2.24, 2.45) is 5.92 Å². The fourth-order valence-electron chi connectivity index (χ4n) is 2.41. The highest BCUT2D eigenvalue weighted by atomic mass is 16.5. The van der Waals surface area contributed by atoms with Crippen molar-refractivity contribution in [3.63, 3.8) is 0 Å². The van der Waals surface area contributed by atoms with Gasteiger partial charge < -0.3 is 9.26 Å². The Hall–Kier alpha value is -1.43. The summed E-state index contributed by atoms with van der Waals surface area (Å²) in [6.07, 6.45) is 1.67. The van der Waals surface area contributed by atoms with Crippen LogP contribution in [0.1, 0.15) is 52.3 Å². The first-order valence-electron chi connectivity index (χ1n) is 7.62. The van der Waals surface area contributed by atoms with E-state index < -0.39 is 0 Å². The number of piperidine rings is 1. The molecule has 0 bridgehead atoms. The molecule has 0 spiro atoms. The Morgan fingerprint density at radius 1 is 1.38 bits per heavy atom. The standard InChI is InChI=1S/C15H25N3O3/c1-5-20-13(19)11-6-8-18(9-7-11)10-12-16-14(21-17-12)15(2,3)4/h11H,5-10H2,1-4H3. The summed E-state index contributed by atoms with van der Waals surface area (Å²) in [4.78, 5) is 18.4. The quantitative estimate of drug-likeness (QED) is 0.793. The van der Waals surface area contributed by atoms with E-state index in [9.17, 15) is 4.79 Å². The van der Waals surface area contributed by atoms with Crippen molar-refractivity contribution in [3.05, 3.63) is 11.7 Å². The van der Waals surface area contributed by atoms with Crippen molar-refractivity contribution in [2.45, 2.75) is 52.5 Å². The highest BCUT2D eigenvalue weighted by Gasteiger charge is 2.27. The van der Waals surface area contributed by atoms with E-state index in [1.54, 1.807) is 0 Å². The van der Waals surface area contributed by atoms with E-state index in [2.05, 4.69) is 35.8 Å². The van der Waals surface area contributed by atoms with Gasteiger partial charge in [0.2, 0.25) is 5.89 Å². The number of carbonyl (C=O) groups excluding carboxylic acids is 1. The van der Waals surface area contributed by atoms with Crippen LogP contribution in [0.25, 0.3) is 0 Å². The molecule has 1 fully saturated rings. The molecule has 0 saturated carbocycles. The van der Waals surface area contributed by atoms with Gasteiger partial charge in [0.25, 0.3) is 0 Å². The lowest BCUT2D eigenvalue weighted by Crippen LogP contribution is -2.36. The van der Waals surface area contributed by atoms with Crippen LogP contribution in [0.15, 0.2) is 4.52 Å². The molecule has 2 rings (SSSR count). The first-order valence-corrected chi connectivity index (χ1v) is 7.62. The Bertz CT molecular complexity index is 471. The van der Waals surface area contributed by atoms with Gasteiger partial charge in [0.15, 0.2) is 5.82 Å². The SMILES string of the molecule is CCOC(=O)C1CCN(Cc2noc(C(C)(C)C)n2)CC1. The van der Waals surface area contributed by atoms with E-state index in [1.807, 2.05) is 6.92 Å². The van der Waals surface area contributed by atoms with Crippen LogP contribution in [0.3, 0.4) is 0 Å². The molecule has 2 heterocycles. The van der Waals surface area contributed by atoms with Crippen LogP contribution in [0.2, 0.25) is 0 Å². The van der Waals surface area contributed by atoms with Crippen LogP contribution >= 0.6 is 0 Å². The van der Waals surface area contributed by atoms with E-state index >= 15 is 0 Å². The smallest absolute Gasteiger partial charge is 0.309 e. The molecule has 1 aromatic rings. The lowest BCUT2D eigenvalue weighted by molar-refractivity contribution is -0.149. The third kappa shape index (κ3) is 4.27. The number of hydrogen-bond donors (Lipinski definition) is 0. The maximum atomic E-state index is 11.7. The predicted molar refractivity (Wildman–Crippen MR) is 77.6 cm³/mol. The zero-order chi connectivity index (χ0) is 15.5. The topological polar surface area (TPSA) is 68.5 Å². The molecule has 1 aliphatic rings. The number of nitrogens with zero attached hydrogens (tertiary/aromatic N) is 3. The molecule has 0 unspecified atom stereocenters. The fourth-order valence-corrected chi connectivity index (χ4v) is 2.41. The van der Waals surface area contributed by atoms with Crippen molar-refractivity contribution >= 4 is 5.97 Å².